The van der Waals surface area contributed by atoms with Crippen molar-refractivity contribution in [1.29, 1.82) is 0 Å². The Morgan fingerprint density at radius 2 is 1.76 bits per heavy atom. The van der Waals surface area contributed by atoms with E-state index in [4.69, 9.17) is 9.47 Å². The molecule has 0 spiro atoms. The number of nitrogens with one attached hydrogen (secondary N) is 1. The van der Waals surface area contributed by atoms with E-state index in [0.717, 1.165) is 24.5 Å². The molecule has 0 radical (unpaired) electrons. The van der Waals surface area contributed by atoms with Crippen LogP contribution in [-0.2, 0) is 4.74 Å². The summed E-state index contributed by atoms with van der Waals surface area (Å²) < 4.78 is 11.5. The Labute approximate surface area is 125 Å². The predicted octanol–water partition coefficient (Wildman–Crippen LogP) is 4.33. The van der Waals surface area contributed by atoms with Gasteiger partial charge in [-0.15, -0.1) is 0 Å². The van der Waals surface area contributed by atoms with Gasteiger partial charge >= 0.3 is 0 Å². The molecule has 1 aliphatic heterocycles. The van der Waals surface area contributed by atoms with Crippen molar-refractivity contribution in [2.45, 2.75) is 25.5 Å². The smallest absolute Gasteiger partial charge is 0.124 e. The Morgan fingerprint density at radius 1 is 1.05 bits per heavy atom. The Bertz CT molecular complexity index is 612. The molecule has 0 saturated heterocycles. The highest BCUT2D eigenvalue weighted by molar-refractivity contribution is 5.57. The third kappa shape index (κ3) is 2.74. The van der Waals surface area contributed by atoms with Gasteiger partial charge in [0.25, 0.3) is 0 Å². The number of rotatable bonds is 4. The van der Waals surface area contributed by atoms with Crippen LogP contribution < -0.4 is 10.1 Å². The second-order valence-electron chi connectivity index (χ2n) is 5.21. The van der Waals surface area contributed by atoms with Crippen molar-refractivity contribution in [2.24, 2.45) is 0 Å². The highest BCUT2D eigenvalue weighted by Gasteiger charge is 2.28. The zero-order valence-corrected chi connectivity index (χ0v) is 12.5. The first-order valence-electron chi connectivity index (χ1n) is 7.43. The highest BCUT2D eigenvalue weighted by Crippen LogP contribution is 2.42. The lowest BCUT2D eigenvalue weighted by molar-refractivity contribution is 0.0497. The first-order chi connectivity index (χ1) is 10.3. The van der Waals surface area contributed by atoms with Crippen LogP contribution in [0.4, 0.5) is 5.69 Å². The van der Waals surface area contributed by atoms with E-state index in [1.807, 2.05) is 19.1 Å². The maximum Gasteiger partial charge on any atom is 0.124 e. The lowest BCUT2D eigenvalue weighted by Crippen LogP contribution is -2.23. The van der Waals surface area contributed by atoms with Gasteiger partial charge in [-0.2, -0.15) is 0 Å². The second-order valence-corrected chi connectivity index (χ2v) is 5.21. The average molecular weight is 283 g/mol. The number of hydrogen-bond donors (Lipinski definition) is 1. The molecule has 0 saturated carbocycles. The van der Waals surface area contributed by atoms with Crippen molar-refractivity contribution in [3.05, 3.63) is 59.7 Å². The Balaban J connectivity index is 1.96. The van der Waals surface area contributed by atoms with Crippen molar-refractivity contribution < 1.29 is 9.47 Å². The average Bonchev–Trinajstić information content (AvgIpc) is 2.55. The molecule has 3 nitrogen and oxygen atoms in total. The quantitative estimate of drug-likeness (QED) is 0.906. The molecule has 2 unspecified atom stereocenters. The number of benzene rings is 2. The lowest BCUT2D eigenvalue weighted by atomic mass is 9.90. The van der Waals surface area contributed by atoms with Crippen molar-refractivity contribution in [2.75, 3.05) is 19.0 Å². The van der Waals surface area contributed by atoms with Gasteiger partial charge in [0.15, 0.2) is 0 Å². The van der Waals surface area contributed by atoms with Gasteiger partial charge in [0, 0.05) is 29.8 Å². The zero-order chi connectivity index (χ0) is 14.7. The van der Waals surface area contributed by atoms with E-state index in [1.54, 1.807) is 7.11 Å². The summed E-state index contributed by atoms with van der Waals surface area (Å²) in [5.41, 5.74) is 3.57. The molecule has 1 heterocycles. The van der Waals surface area contributed by atoms with Crippen molar-refractivity contribution in [1.82, 2.24) is 0 Å². The van der Waals surface area contributed by atoms with Gasteiger partial charge in [0.05, 0.1) is 19.3 Å². The van der Waals surface area contributed by atoms with Crippen LogP contribution in [0.25, 0.3) is 0 Å². The minimum absolute atomic E-state index is 0.127. The topological polar surface area (TPSA) is 30.5 Å². The van der Waals surface area contributed by atoms with Crippen molar-refractivity contribution in [3.8, 4) is 5.75 Å². The van der Waals surface area contributed by atoms with Gasteiger partial charge < -0.3 is 14.8 Å². The molecule has 0 amide bonds. The van der Waals surface area contributed by atoms with Gasteiger partial charge in [-0.3, -0.25) is 0 Å². The number of para-hydroxylation sites is 2. The van der Waals surface area contributed by atoms with Crippen LogP contribution in [-0.4, -0.2) is 13.7 Å². The minimum atomic E-state index is 0.127. The van der Waals surface area contributed by atoms with Crippen LogP contribution in [0.15, 0.2) is 48.5 Å². The van der Waals surface area contributed by atoms with Crippen LogP contribution in [0.1, 0.15) is 36.6 Å². The number of hydrogen-bond acceptors (Lipinski definition) is 3. The van der Waals surface area contributed by atoms with Crippen LogP contribution in [0.2, 0.25) is 0 Å². The molecular weight excluding hydrogens is 262 g/mol. The summed E-state index contributed by atoms with van der Waals surface area (Å²) in [5.74, 6) is 0.921. The van der Waals surface area contributed by atoms with Crippen LogP contribution in [0.5, 0.6) is 5.75 Å². The Morgan fingerprint density at radius 3 is 2.52 bits per heavy atom. The fourth-order valence-electron chi connectivity index (χ4n) is 3.01. The van der Waals surface area contributed by atoms with E-state index in [1.165, 1.54) is 11.1 Å². The van der Waals surface area contributed by atoms with E-state index in [2.05, 4.69) is 41.7 Å². The summed E-state index contributed by atoms with van der Waals surface area (Å²) >= 11 is 0. The normalized spacial score (nSPS) is 20.5. The molecule has 0 aromatic heterocycles. The van der Waals surface area contributed by atoms with E-state index in [-0.39, 0.29) is 12.1 Å². The monoisotopic (exact) mass is 283 g/mol. The molecule has 1 N–H and O–H groups in total. The molecule has 2 aromatic rings. The third-order valence-electron chi connectivity index (χ3n) is 3.97. The molecule has 0 bridgehead atoms. The number of fused-ring (bicyclic) bond motifs is 1. The highest BCUT2D eigenvalue weighted by atomic mass is 16.5. The number of methoxy groups -OCH3 is 1. The lowest BCUT2D eigenvalue weighted by Gasteiger charge is -2.33. The molecular formula is C18H21NO2. The van der Waals surface area contributed by atoms with Crippen LogP contribution in [0, 0.1) is 0 Å². The molecule has 3 heteroatoms. The summed E-state index contributed by atoms with van der Waals surface area (Å²) in [6.07, 6.45) is 1.04. The van der Waals surface area contributed by atoms with Gasteiger partial charge in [0.1, 0.15) is 5.75 Å². The predicted molar refractivity (Wildman–Crippen MR) is 84.8 cm³/mol. The van der Waals surface area contributed by atoms with Gasteiger partial charge in [-0.1, -0.05) is 36.4 Å². The summed E-state index contributed by atoms with van der Waals surface area (Å²) in [4.78, 5) is 0. The largest absolute Gasteiger partial charge is 0.496 e. The van der Waals surface area contributed by atoms with Crippen molar-refractivity contribution >= 4 is 5.69 Å². The third-order valence-corrected chi connectivity index (χ3v) is 3.97. The van der Waals surface area contributed by atoms with E-state index in [9.17, 15) is 0 Å². The maximum atomic E-state index is 5.95. The molecule has 21 heavy (non-hydrogen) atoms. The summed E-state index contributed by atoms with van der Waals surface area (Å²) in [6.45, 7) is 2.76. The first-order valence-corrected chi connectivity index (χ1v) is 7.43. The molecule has 110 valence electrons. The van der Waals surface area contributed by atoms with Gasteiger partial charge in [0.2, 0.25) is 0 Å². The number of ether oxygens (including phenoxy) is 2. The molecule has 0 fully saturated rings. The fourth-order valence-corrected chi connectivity index (χ4v) is 3.01. The molecule has 0 aliphatic carbocycles. The molecule has 2 atom stereocenters. The van der Waals surface area contributed by atoms with E-state index < -0.39 is 0 Å². The zero-order valence-electron chi connectivity index (χ0n) is 12.5. The molecule has 3 rings (SSSR count). The second kappa shape index (κ2) is 6.19. The molecule has 1 aliphatic rings. The van der Waals surface area contributed by atoms with Crippen LogP contribution >= 0.6 is 0 Å². The summed E-state index contributed by atoms with van der Waals surface area (Å²) in [6, 6.07) is 16.8. The first kappa shape index (κ1) is 14.0. The molecule has 2 aromatic carbocycles. The SMILES string of the molecule is CCOC1CC(c2ccccc2OC)Nc2ccccc21. The summed E-state index contributed by atoms with van der Waals surface area (Å²) in [5, 5.41) is 3.62. The van der Waals surface area contributed by atoms with E-state index >= 15 is 0 Å². The van der Waals surface area contributed by atoms with Gasteiger partial charge in [-0.05, 0) is 19.1 Å². The standard InChI is InChI=1S/C18H21NO2/c1-3-21-18-12-16(14-9-5-7-11-17(14)20-2)19-15-10-6-4-8-13(15)18/h4-11,16,18-19H,3,12H2,1-2H3. The van der Waals surface area contributed by atoms with Gasteiger partial charge in [-0.25, -0.2) is 0 Å². The minimum Gasteiger partial charge on any atom is -0.496 e. The van der Waals surface area contributed by atoms with E-state index in [0.29, 0.717) is 0 Å². The number of anilines is 1. The Kier molecular flexibility index (Phi) is 4.11. The van der Waals surface area contributed by atoms with Crippen LogP contribution in [0.3, 0.4) is 0 Å². The fraction of sp³-hybridized carbons (Fsp3) is 0.333. The Hall–Kier alpha value is -2.00. The van der Waals surface area contributed by atoms with Crippen molar-refractivity contribution in [3.63, 3.8) is 0 Å². The summed E-state index contributed by atoms with van der Waals surface area (Å²) in [7, 11) is 1.72. The maximum absolute atomic E-state index is 5.95.